The maximum absolute atomic E-state index is 9.11. The van der Waals surface area contributed by atoms with E-state index in [1.54, 1.807) is 32.4 Å². The predicted octanol–water partition coefficient (Wildman–Crippen LogP) is 1.59. The van der Waals surface area contributed by atoms with E-state index in [4.69, 9.17) is 27.4 Å². The van der Waals surface area contributed by atoms with Gasteiger partial charge in [-0.1, -0.05) is 17.9 Å². The average Bonchev–Trinajstić information content (AvgIpc) is 2.44. The molecular formula is C15H16O3. The number of aliphatic hydroxyl groups is 1. The van der Waals surface area contributed by atoms with Crippen molar-refractivity contribution in [3.05, 3.63) is 23.8 Å². The van der Waals surface area contributed by atoms with Crippen LogP contribution in [0.4, 0.5) is 0 Å². The molecule has 0 aliphatic rings. The molecule has 1 aromatic rings. The summed E-state index contributed by atoms with van der Waals surface area (Å²) >= 11 is 0. The van der Waals surface area contributed by atoms with Crippen LogP contribution in [0.2, 0.25) is 0 Å². The number of rotatable bonds is 5. The van der Waals surface area contributed by atoms with E-state index in [0.29, 0.717) is 17.9 Å². The molecule has 0 heterocycles. The van der Waals surface area contributed by atoms with Crippen molar-refractivity contribution in [2.45, 2.75) is 11.8 Å². The molecule has 0 fully saturated rings. The van der Waals surface area contributed by atoms with Gasteiger partial charge in [0.1, 0.15) is 5.41 Å². The molecule has 0 aromatic heterocycles. The van der Waals surface area contributed by atoms with E-state index in [9.17, 15) is 0 Å². The first-order chi connectivity index (χ1) is 8.67. The van der Waals surface area contributed by atoms with E-state index in [-0.39, 0.29) is 6.61 Å². The molecule has 18 heavy (non-hydrogen) atoms. The topological polar surface area (TPSA) is 38.7 Å². The number of aliphatic hydroxyl groups excluding tert-OH is 1. The maximum Gasteiger partial charge on any atom is 0.161 e. The predicted molar refractivity (Wildman–Crippen MR) is 70.6 cm³/mol. The SMILES string of the molecule is C#CC(C#C)(CCO)c1ccc(OC)c(OC)c1. The highest BCUT2D eigenvalue weighted by molar-refractivity contribution is 5.51. The Morgan fingerprint density at radius 3 is 2.22 bits per heavy atom. The van der Waals surface area contributed by atoms with Crippen LogP contribution < -0.4 is 9.47 Å². The zero-order valence-corrected chi connectivity index (χ0v) is 10.6. The van der Waals surface area contributed by atoms with Crippen LogP contribution in [-0.2, 0) is 5.41 Å². The molecule has 0 radical (unpaired) electrons. The minimum Gasteiger partial charge on any atom is -0.493 e. The molecule has 0 unspecified atom stereocenters. The molecule has 1 N–H and O–H groups in total. The highest BCUT2D eigenvalue weighted by Gasteiger charge is 2.28. The summed E-state index contributed by atoms with van der Waals surface area (Å²) < 4.78 is 10.4. The summed E-state index contributed by atoms with van der Waals surface area (Å²) in [6.45, 7) is -0.0806. The summed E-state index contributed by atoms with van der Waals surface area (Å²) in [7, 11) is 3.10. The molecule has 0 atom stereocenters. The van der Waals surface area contributed by atoms with Crippen molar-refractivity contribution in [3.8, 4) is 36.2 Å². The minimum atomic E-state index is -0.922. The van der Waals surface area contributed by atoms with Gasteiger partial charge in [-0.05, 0) is 17.7 Å². The Hall–Kier alpha value is -2.10. The minimum absolute atomic E-state index is 0.0806. The molecule has 0 aliphatic carbocycles. The van der Waals surface area contributed by atoms with Gasteiger partial charge in [0.05, 0.1) is 14.2 Å². The standard InChI is InChI=1S/C15H16O3/c1-5-15(6-2,9-10-16)12-7-8-13(17-3)14(11-12)18-4/h1-2,7-8,11,16H,9-10H2,3-4H3. The van der Waals surface area contributed by atoms with Crippen molar-refractivity contribution in [2.75, 3.05) is 20.8 Å². The largest absolute Gasteiger partial charge is 0.493 e. The maximum atomic E-state index is 9.11. The Balaban J connectivity index is 3.32. The van der Waals surface area contributed by atoms with Gasteiger partial charge in [0, 0.05) is 13.0 Å². The molecule has 0 spiro atoms. The van der Waals surface area contributed by atoms with E-state index in [0.717, 1.165) is 5.56 Å². The van der Waals surface area contributed by atoms with Crippen molar-refractivity contribution < 1.29 is 14.6 Å². The van der Waals surface area contributed by atoms with Crippen LogP contribution in [-0.4, -0.2) is 25.9 Å². The third-order valence-corrected chi connectivity index (χ3v) is 2.86. The third-order valence-electron chi connectivity index (χ3n) is 2.86. The van der Waals surface area contributed by atoms with Gasteiger partial charge in [-0.2, -0.15) is 0 Å². The van der Waals surface area contributed by atoms with Crippen LogP contribution >= 0.6 is 0 Å². The van der Waals surface area contributed by atoms with Gasteiger partial charge < -0.3 is 14.6 Å². The fourth-order valence-electron chi connectivity index (χ4n) is 1.77. The van der Waals surface area contributed by atoms with Crippen LogP contribution in [0, 0.1) is 24.7 Å². The molecule has 3 heteroatoms. The van der Waals surface area contributed by atoms with Gasteiger partial charge in [0.15, 0.2) is 11.5 Å². The first kappa shape index (κ1) is 14.0. The smallest absolute Gasteiger partial charge is 0.161 e. The van der Waals surface area contributed by atoms with Crippen LogP contribution in [0.1, 0.15) is 12.0 Å². The average molecular weight is 244 g/mol. The second-order valence-corrected chi connectivity index (χ2v) is 3.74. The molecule has 0 saturated heterocycles. The van der Waals surface area contributed by atoms with Crippen molar-refractivity contribution in [3.63, 3.8) is 0 Å². The zero-order chi connectivity index (χ0) is 13.6. The van der Waals surface area contributed by atoms with E-state index >= 15 is 0 Å². The van der Waals surface area contributed by atoms with E-state index in [2.05, 4.69) is 11.8 Å². The van der Waals surface area contributed by atoms with Crippen LogP contribution in [0.5, 0.6) is 11.5 Å². The number of benzene rings is 1. The second-order valence-electron chi connectivity index (χ2n) is 3.74. The Morgan fingerprint density at radius 1 is 1.17 bits per heavy atom. The van der Waals surface area contributed by atoms with Gasteiger partial charge in [-0.3, -0.25) is 0 Å². The van der Waals surface area contributed by atoms with Gasteiger partial charge in [0.25, 0.3) is 0 Å². The van der Waals surface area contributed by atoms with Gasteiger partial charge in [-0.15, -0.1) is 12.8 Å². The molecule has 3 nitrogen and oxygen atoms in total. The monoisotopic (exact) mass is 244 g/mol. The first-order valence-corrected chi connectivity index (χ1v) is 5.46. The molecular weight excluding hydrogens is 228 g/mol. The lowest BCUT2D eigenvalue weighted by Gasteiger charge is -2.23. The fourth-order valence-corrected chi connectivity index (χ4v) is 1.77. The number of hydrogen-bond acceptors (Lipinski definition) is 3. The quantitative estimate of drug-likeness (QED) is 0.799. The summed E-state index contributed by atoms with van der Waals surface area (Å²) in [5.41, 5.74) is -0.187. The lowest BCUT2D eigenvalue weighted by atomic mass is 9.79. The van der Waals surface area contributed by atoms with E-state index in [1.807, 2.05) is 0 Å². The summed E-state index contributed by atoms with van der Waals surface area (Å²) in [6, 6.07) is 5.28. The highest BCUT2D eigenvalue weighted by atomic mass is 16.5. The number of ether oxygens (including phenoxy) is 2. The number of methoxy groups -OCH3 is 2. The molecule has 0 amide bonds. The van der Waals surface area contributed by atoms with Gasteiger partial charge in [-0.25, -0.2) is 0 Å². The molecule has 1 aromatic carbocycles. The summed E-state index contributed by atoms with van der Waals surface area (Å²) in [5, 5.41) is 9.11. The van der Waals surface area contributed by atoms with Crippen molar-refractivity contribution in [1.29, 1.82) is 0 Å². The van der Waals surface area contributed by atoms with Crippen LogP contribution in [0.3, 0.4) is 0 Å². The first-order valence-electron chi connectivity index (χ1n) is 5.46. The fraction of sp³-hybridized carbons (Fsp3) is 0.333. The Kier molecular flexibility index (Phi) is 4.66. The molecule has 1 rings (SSSR count). The normalized spacial score (nSPS) is 10.3. The molecule has 0 bridgehead atoms. The summed E-state index contributed by atoms with van der Waals surface area (Å²) in [6.07, 6.45) is 11.3. The summed E-state index contributed by atoms with van der Waals surface area (Å²) in [5.74, 6) is 6.32. The lowest BCUT2D eigenvalue weighted by Crippen LogP contribution is -2.23. The van der Waals surface area contributed by atoms with Crippen molar-refractivity contribution in [1.82, 2.24) is 0 Å². The molecule has 0 saturated carbocycles. The van der Waals surface area contributed by atoms with Crippen molar-refractivity contribution >= 4 is 0 Å². The van der Waals surface area contributed by atoms with Gasteiger partial charge >= 0.3 is 0 Å². The van der Waals surface area contributed by atoms with Crippen molar-refractivity contribution in [2.24, 2.45) is 0 Å². The highest BCUT2D eigenvalue weighted by Crippen LogP contribution is 2.34. The van der Waals surface area contributed by atoms with E-state index < -0.39 is 5.41 Å². The van der Waals surface area contributed by atoms with Crippen LogP contribution in [0.25, 0.3) is 0 Å². The number of terminal acetylenes is 2. The number of hydrogen-bond donors (Lipinski definition) is 1. The Labute approximate surface area is 108 Å². The lowest BCUT2D eigenvalue weighted by molar-refractivity contribution is 0.273. The van der Waals surface area contributed by atoms with E-state index in [1.165, 1.54) is 0 Å². The van der Waals surface area contributed by atoms with Crippen LogP contribution in [0.15, 0.2) is 18.2 Å². The Bertz CT molecular complexity index is 477. The zero-order valence-electron chi connectivity index (χ0n) is 10.6. The molecule has 0 aliphatic heterocycles. The molecule has 94 valence electrons. The Morgan fingerprint density at radius 2 is 1.78 bits per heavy atom. The second kappa shape index (κ2) is 6.00. The summed E-state index contributed by atoms with van der Waals surface area (Å²) in [4.78, 5) is 0. The van der Waals surface area contributed by atoms with Gasteiger partial charge in [0.2, 0.25) is 0 Å². The third kappa shape index (κ3) is 2.42.